The summed E-state index contributed by atoms with van der Waals surface area (Å²) >= 11 is 0. The van der Waals surface area contributed by atoms with Gasteiger partial charge in [0.15, 0.2) is 0 Å². The van der Waals surface area contributed by atoms with Crippen molar-refractivity contribution < 1.29 is 46.1 Å². The Bertz CT molecular complexity index is 326. The number of hydrogen-bond donors (Lipinski definition) is 2. The largest absolute Gasteiger partial charge is 0.478 e. The van der Waals surface area contributed by atoms with Crippen LogP contribution in [-0.4, -0.2) is 40.4 Å². The van der Waals surface area contributed by atoms with Crippen LogP contribution in [0.2, 0.25) is 0 Å². The van der Waals surface area contributed by atoms with Crippen LogP contribution in [0.3, 0.4) is 0 Å². The third-order valence-electron chi connectivity index (χ3n) is 1.33. The van der Waals surface area contributed by atoms with Crippen molar-refractivity contribution in [1.82, 2.24) is 0 Å². The topological polar surface area (TPSA) is 74.6 Å². The van der Waals surface area contributed by atoms with E-state index in [-0.39, 0.29) is 5.57 Å². The summed E-state index contributed by atoms with van der Waals surface area (Å²) in [5.74, 6) is -15.8. The van der Waals surface area contributed by atoms with E-state index in [4.69, 9.17) is 10.2 Å². The third-order valence-corrected chi connectivity index (χ3v) is 1.33. The molecule has 0 saturated carbocycles. The molecule has 0 aromatic heterocycles. The monoisotopic (exact) mass is 282 g/mol. The van der Waals surface area contributed by atoms with Gasteiger partial charge in [-0.15, -0.1) is 0 Å². The SMILES string of the molecule is C=C(C)C(=O)O.O=C(O)C(F)(F)C(F)(F)C(F)F. The minimum absolute atomic E-state index is 0.176. The second kappa shape index (κ2) is 6.26. The molecule has 0 aromatic carbocycles. The zero-order valence-corrected chi connectivity index (χ0v) is 8.76. The van der Waals surface area contributed by atoms with Crippen molar-refractivity contribution in [2.45, 2.75) is 25.2 Å². The number of carboxylic acid groups (broad SMARTS) is 2. The first-order chi connectivity index (χ1) is 7.78. The van der Waals surface area contributed by atoms with E-state index in [1.54, 1.807) is 0 Å². The Balaban J connectivity index is 0. The summed E-state index contributed by atoms with van der Waals surface area (Å²) in [5.41, 5.74) is 0.176. The Labute approximate surface area is 96.5 Å². The van der Waals surface area contributed by atoms with Crippen LogP contribution in [0, 0.1) is 0 Å². The van der Waals surface area contributed by atoms with Crippen LogP contribution in [-0.2, 0) is 9.59 Å². The maximum Gasteiger partial charge on any atom is 0.410 e. The van der Waals surface area contributed by atoms with Gasteiger partial charge in [-0.25, -0.2) is 18.4 Å². The predicted molar refractivity (Wildman–Crippen MR) is 46.0 cm³/mol. The molecule has 0 unspecified atom stereocenters. The standard InChI is InChI=1S/C4H2F6O2.C4H6O2/c5-1(6)3(7,8)4(9,10)2(11)12;1-3(2)4(5)6/h1H,(H,11,12);1H2,2H3,(H,5,6). The number of halogens is 6. The molecule has 0 aliphatic carbocycles. The summed E-state index contributed by atoms with van der Waals surface area (Å²) in [5, 5.41) is 15.4. The fourth-order valence-electron chi connectivity index (χ4n) is 0.280. The molecule has 0 radical (unpaired) electrons. The Morgan fingerprint density at radius 1 is 1.11 bits per heavy atom. The van der Waals surface area contributed by atoms with Crippen molar-refractivity contribution in [3.8, 4) is 0 Å². The number of aliphatic carboxylic acids is 2. The highest BCUT2D eigenvalue weighted by Crippen LogP contribution is 2.39. The molecule has 0 bridgehead atoms. The quantitative estimate of drug-likeness (QED) is 0.612. The first kappa shape index (κ1) is 18.6. The van der Waals surface area contributed by atoms with Crippen molar-refractivity contribution in [2.24, 2.45) is 0 Å². The fraction of sp³-hybridized carbons (Fsp3) is 0.500. The Morgan fingerprint density at radius 2 is 1.39 bits per heavy atom. The summed E-state index contributed by atoms with van der Waals surface area (Å²) in [6.07, 6.45) is -4.72. The Hall–Kier alpha value is -1.74. The molecule has 0 aliphatic heterocycles. The molecule has 0 rings (SSSR count). The van der Waals surface area contributed by atoms with Gasteiger partial charge in [-0.05, 0) is 6.92 Å². The van der Waals surface area contributed by atoms with Crippen LogP contribution in [0.25, 0.3) is 0 Å². The van der Waals surface area contributed by atoms with E-state index in [0.717, 1.165) is 0 Å². The lowest BCUT2D eigenvalue weighted by molar-refractivity contribution is -0.263. The summed E-state index contributed by atoms with van der Waals surface area (Å²) in [6, 6.07) is 0. The van der Waals surface area contributed by atoms with Crippen LogP contribution < -0.4 is 0 Å². The molecule has 0 aromatic rings. The number of hydrogen-bond acceptors (Lipinski definition) is 2. The van der Waals surface area contributed by atoms with Crippen LogP contribution in [0.5, 0.6) is 0 Å². The van der Waals surface area contributed by atoms with Gasteiger partial charge < -0.3 is 10.2 Å². The van der Waals surface area contributed by atoms with Crippen molar-refractivity contribution in [2.75, 3.05) is 0 Å². The predicted octanol–water partition coefficient (Wildman–Crippen LogP) is 2.25. The molecule has 106 valence electrons. The summed E-state index contributed by atoms with van der Waals surface area (Å²) < 4.78 is 69.2. The van der Waals surface area contributed by atoms with Gasteiger partial charge in [0, 0.05) is 5.57 Å². The Morgan fingerprint density at radius 3 is 1.44 bits per heavy atom. The van der Waals surface area contributed by atoms with Gasteiger partial charge in [0.25, 0.3) is 0 Å². The lowest BCUT2D eigenvalue weighted by atomic mass is 10.2. The third kappa shape index (κ3) is 4.63. The van der Waals surface area contributed by atoms with E-state index in [2.05, 4.69) is 6.58 Å². The van der Waals surface area contributed by atoms with Gasteiger partial charge in [0.1, 0.15) is 0 Å². The average Bonchev–Trinajstić information content (AvgIpc) is 2.17. The highest BCUT2D eigenvalue weighted by Gasteiger charge is 2.68. The smallest absolute Gasteiger partial charge is 0.410 e. The van der Waals surface area contributed by atoms with Gasteiger partial charge in [0.2, 0.25) is 0 Å². The molecule has 2 N–H and O–H groups in total. The normalized spacial score (nSPS) is 11.6. The number of alkyl halides is 6. The molecule has 0 saturated heterocycles. The molecule has 18 heavy (non-hydrogen) atoms. The van der Waals surface area contributed by atoms with Crippen molar-refractivity contribution >= 4 is 11.9 Å². The molecule has 0 amide bonds. The molecule has 0 fully saturated rings. The maximum absolute atomic E-state index is 11.7. The van der Waals surface area contributed by atoms with E-state index in [9.17, 15) is 35.9 Å². The molecule has 0 atom stereocenters. The minimum atomic E-state index is -5.85. The van der Waals surface area contributed by atoms with E-state index < -0.39 is 30.2 Å². The molecule has 0 spiro atoms. The van der Waals surface area contributed by atoms with Crippen LogP contribution in [0.1, 0.15) is 6.92 Å². The zero-order valence-electron chi connectivity index (χ0n) is 8.76. The number of carboxylic acids is 2. The second-order valence-electron chi connectivity index (χ2n) is 2.89. The van der Waals surface area contributed by atoms with E-state index in [1.807, 2.05) is 0 Å². The molecular weight excluding hydrogens is 274 g/mol. The second-order valence-corrected chi connectivity index (χ2v) is 2.89. The molecular formula is C8H8F6O4. The van der Waals surface area contributed by atoms with Gasteiger partial charge >= 0.3 is 30.2 Å². The number of rotatable bonds is 4. The van der Waals surface area contributed by atoms with Crippen LogP contribution in [0.15, 0.2) is 12.2 Å². The highest BCUT2D eigenvalue weighted by atomic mass is 19.3. The molecule has 0 aliphatic rings. The first-order valence-electron chi connectivity index (χ1n) is 3.94. The Kier molecular flexibility index (Phi) is 6.48. The van der Waals surface area contributed by atoms with E-state index in [0.29, 0.717) is 0 Å². The van der Waals surface area contributed by atoms with Gasteiger partial charge in [0.05, 0.1) is 0 Å². The molecule has 10 heteroatoms. The van der Waals surface area contributed by atoms with Crippen molar-refractivity contribution in [3.05, 3.63) is 12.2 Å². The zero-order chi connectivity index (χ0) is 15.3. The number of carbonyl (C=O) groups is 2. The van der Waals surface area contributed by atoms with Gasteiger partial charge in [-0.1, -0.05) is 6.58 Å². The van der Waals surface area contributed by atoms with E-state index in [1.165, 1.54) is 6.92 Å². The van der Waals surface area contributed by atoms with Crippen LogP contribution in [0.4, 0.5) is 26.3 Å². The van der Waals surface area contributed by atoms with Gasteiger partial charge in [-0.2, -0.15) is 17.6 Å². The average molecular weight is 282 g/mol. The molecule has 4 nitrogen and oxygen atoms in total. The fourth-order valence-corrected chi connectivity index (χ4v) is 0.280. The maximum atomic E-state index is 11.7. The minimum Gasteiger partial charge on any atom is -0.478 e. The van der Waals surface area contributed by atoms with E-state index >= 15 is 0 Å². The van der Waals surface area contributed by atoms with Crippen molar-refractivity contribution in [1.29, 1.82) is 0 Å². The highest BCUT2D eigenvalue weighted by molar-refractivity contribution is 5.84. The van der Waals surface area contributed by atoms with Crippen molar-refractivity contribution in [3.63, 3.8) is 0 Å². The summed E-state index contributed by atoms with van der Waals surface area (Å²) in [7, 11) is 0. The summed E-state index contributed by atoms with van der Waals surface area (Å²) in [6.45, 7) is 4.60. The summed E-state index contributed by atoms with van der Waals surface area (Å²) in [4.78, 5) is 19.0. The lowest BCUT2D eigenvalue weighted by Gasteiger charge is -2.21. The first-order valence-corrected chi connectivity index (χ1v) is 3.94. The lowest BCUT2D eigenvalue weighted by Crippen LogP contribution is -2.51. The van der Waals surface area contributed by atoms with Crippen LogP contribution >= 0.6 is 0 Å². The van der Waals surface area contributed by atoms with Gasteiger partial charge in [-0.3, -0.25) is 0 Å². The molecule has 0 heterocycles.